The van der Waals surface area contributed by atoms with E-state index in [1.54, 1.807) is 0 Å². The van der Waals surface area contributed by atoms with Gasteiger partial charge in [0.2, 0.25) is 0 Å². The van der Waals surface area contributed by atoms with Crippen molar-refractivity contribution in [2.75, 3.05) is 5.32 Å². The molecular formula is C23H17F3N2O4. The summed E-state index contributed by atoms with van der Waals surface area (Å²) in [6.07, 6.45) is -4.11. The van der Waals surface area contributed by atoms with Crippen LogP contribution >= 0.6 is 0 Å². The van der Waals surface area contributed by atoms with Crippen molar-refractivity contribution in [1.82, 2.24) is 4.98 Å². The Morgan fingerprint density at radius 2 is 1.69 bits per heavy atom. The minimum Gasteiger partial charge on any atom is -0.406 e. The Morgan fingerprint density at radius 3 is 2.34 bits per heavy atom. The molecule has 0 radical (unpaired) electrons. The summed E-state index contributed by atoms with van der Waals surface area (Å²) in [5.74, 6) is -1.47. The van der Waals surface area contributed by atoms with E-state index < -0.39 is 23.6 Å². The van der Waals surface area contributed by atoms with Crippen LogP contribution in [0.1, 0.15) is 44.3 Å². The van der Waals surface area contributed by atoms with Crippen LogP contribution in [0.5, 0.6) is 5.75 Å². The lowest BCUT2D eigenvalue weighted by Crippen LogP contribution is -2.29. The molecule has 1 heterocycles. The minimum absolute atomic E-state index is 0.0658. The summed E-state index contributed by atoms with van der Waals surface area (Å²) >= 11 is 0. The fourth-order valence-corrected chi connectivity index (χ4v) is 3.70. The molecule has 1 aliphatic carbocycles. The van der Waals surface area contributed by atoms with E-state index in [1.807, 2.05) is 30.3 Å². The Balaban J connectivity index is 1.53. The average molecular weight is 442 g/mol. The van der Waals surface area contributed by atoms with Gasteiger partial charge in [-0.25, -0.2) is 0 Å². The molecule has 0 saturated heterocycles. The molecule has 3 aromatic rings. The predicted molar refractivity (Wildman–Crippen MR) is 110 cm³/mol. The summed E-state index contributed by atoms with van der Waals surface area (Å²) in [7, 11) is 0. The van der Waals surface area contributed by atoms with Crippen molar-refractivity contribution in [3.8, 4) is 5.75 Å². The second-order valence-electron chi connectivity index (χ2n) is 7.37. The molecule has 0 aliphatic heterocycles. The van der Waals surface area contributed by atoms with Gasteiger partial charge in [-0.05, 0) is 48.2 Å². The lowest BCUT2D eigenvalue weighted by atomic mass is 9.81. The van der Waals surface area contributed by atoms with Gasteiger partial charge in [-0.2, -0.15) is 0 Å². The first-order valence-corrected chi connectivity index (χ1v) is 9.71. The zero-order chi connectivity index (χ0) is 22.9. The van der Waals surface area contributed by atoms with E-state index >= 15 is 0 Å². The number of rotatable bonds is 4. The van der Waals surface area contributed by atoms with Gasteiger partial charge in [0.15, 0.2) is 5.78 Å². The Labute approximate surface area is 180 Å². The van der Waals surface area contributed by atoms with Crippen molar-refractivity contribution in [3.05, 3.63) is 93.4 Å². The molecule has 164 valence electrons. The van der Waals surface area contributed by atoms with E-state index in [0.717, 1.165) is 17.7 Å². The van der Waals surface area contributed by atoms with Crippen molar-refractivity contribution in [2.24, 2.45) is 0 Å². The van der Waals surface area contributed by atoms with Crippen LogP contribution in [0.25, 0.3) is 0 Å². The van der Waals surface area contributed by atoms with Gasteiger partial charge in [0, 0.05) is 23.4 Å². The van der Waals surface area contributed by atoms with Crippen molar-refractivity contribution in [3.63, 3.8) is 0 Å². The highest BCUT2D eigenvalue weighted by Gasteiger charge is 2.31. The van der Waals surface area contributed by atoms with Gasteiger partial charge < -0.3 is 15.0 Å². The number of nitrogens with one attached hydrogen (secondary N) is 2. The molecule has 6 nitrogen and oxygen atoms in total. The Kier molecular flexibility index (Phi) is 5.56. The van der Waals surface area contributed by atoms with Crippen LogP contribution in [0.15, 0.2) is 65.5 Å². The van der Waals surface area contributed by atoms with Crippen molar-refractivity contribution in [1.29, 1.82) is 0 Å². The predicted octanol–water partition coefficient (Wildman–Crippen LogP) is 4.44. The van der Waals surface area contributed by atoms with Gasteiger partial charge in [0.05, 0.1) is 0 Å². The van der Waals surface area contributed by atoms with Gasteiger partial charge in [-0.15, -0.1) is 13.2 Å². The molecule has 0 saturated carbocycles. The molecule has 2 aromatic carbocycles. The molecule has 4 rings (SSSR count). The van der Waals surface area contributed by atoms with E-state index in [-0.39, 0.29) is 34.9 Å². The largest absolute Gasteiger partial charge is 0.573 e. The number of anilines is 1. The number of H-pyrrole nitrogens is 1. The number of fused-ring (bicyclic) bond motifs is 1. The first-order valence-electron chi connectivity index (χ1n) is 9.71. The molecule has 1 atom stereocenters. The summed E-state index contributed by atoms with van der Waals surface area (Å²) in [4.78, 5) is 40.4. The molecule has 1 amide bonds. The lowest BCUT2D eigenvalue weighted by Gasteiger charge is -2.24. The van der Waals surface area contributed by atoms with E-state index in [9.17, 15) is 27.6 Å². The summed E-state index contributed by atoms with van der Waals surface area (Å²) < 4.78 is 40.5. The van der Waals surface area contributed by atoms with Gasteiger partial charge in [0.25, 0.3) is 11.5 Å². The van der Waals surface area contributed by atoms with E-state index in [0.29, 0.717) is 12.1 Å². The summed E-state index contributed by atoms with van der Waals surface area (Å²) in [5, 5.41) is 2.44. The molecule has 0 unspecified atom stereocenters. The number of alkyl halides is 3. The average Bonchev–Trinajstić information content (AvgIpc) is 2.74. The number of pyridine rings is 1. The number of carbonyl (C=O) groups excluding carboxylic acids is 2. The third kappa shape index (κ3) is 4.72. The first kappa shape index (κ1) is 21.4. The first-order chi connectivity index (χ1) is 15.2. The molecular weight excluding hydrogens is 425 g/mol. The van der Waals surface area contributed by atoms with Crippen LogP contribution in [0.4, 0.5) is 18.9 Å². The minimum atomic E-state index is -4.83. The summed E-state index contributed by atoms with van der Waals surface area (Å²) in [6, 6.07) is 15.3. The molecule has 32 heavy (non-hydrogen) atoms. The van der Waals surface area contributed by atoms with Crippen LogP contribution in [-0.4, -0.2) is 23.0 Å². The number of ether oxygens (including phenoxy) is 1. The highest BCUT2D eigenvalue weighted by molar-refractivity contribution is 6.06. The van der Waals surface area contributed by atoms with Crippen LogP contribution in [0, 0.1) is 0 Å². The van der Waals surface area contributed by atoms with Crippen LogP contribution < -0.4 is 15.6 Å². The van der Waals surface area contributed by atoms with E-state index in [1.165, 1.54) is 18.2 Å². The summed E-state index contributed by atoms with van der Waals surface area (Å²) in [5.41, 5.74) is 1.01. The number of carbonyl (C=O) groups is 2. The molecule has 0 spiro atoms. The Morgan fingerprint density at radius 1 is 1.00 bits per heavy atom. The SMILES string of the molecule is O=C1C[C@H](c2ccccc2)Cc2[nH]c(=O)c(C(=O)Nc3ccc(OC(F)(F)F)cc3)cc21. The zero-order valence-corrected chi connectivity index (χ0v) is 16.5. The maximum atomic E-state index is 12.7. The number of aromatic nitrogens is 1. The Bertz CT molecular complexity index is 1220. The molecule has 1 aliphatic rings. The molecule has 2 N–H and O–H groups in total. The number of ketones is 1. The van der Waals surface area contributed by atoms with Crippen LogP contribution in [0.2, 0.25) is 0 Å². The summed E-state index contributed by atoms with van der Waals surface area (Å²) in [6.45, 7) is 0. The fraction of sp³-hybridized carbons (Fsp3) is 0.174. The maximum Gasteiger partial charge on any atom is 0.573 e. The highest BCUT2D eigenvalue weighted by Crippen LogP contribution is 2.31. The van der Waals surface area contributed by atoms with Crippen molar-refractivity contribution < 1.29 is 27.5 Å². The normalized spacial score (nSPS) is 15.7. The Hall–Kier alpha value is -3.88. The monoisotopic (exact) mass is 442 g/mol. The number of halogens is 3. The quantitative estimate of drug-likeness (QED) is 0.626. The number of aromatic amines is 1. The lowest BCUT2D eigenvalue weighted by molar-refractivity contribution is -0.274. The molecule has 1 aromatic heterocycles. The molecule has 9 heteroatoms. The number of Topliss-reactive ketones (excluding diaryl/α,β-unsaturated/α-hetero) is 1. The smallest absolute Gasteiger partial charge is 0.406 e. The van der Waals surface area contributed by atoms with Crippen molar-refractivity contribution >= 4 is 17.4 Å². The number of benzene rings is 2. The number of hydrogen-bond acceptors (Lipinski definition) is 4. The zero-order valence-electron chi connectivity index (χ0n) is 16.5. The van der Waals surface area contributed by atoms with Crippen LogP contribution in [-0.2, 0) is 6.42 Å². The molecule has 0 bridgehead atoms. The van der Waals surface area contributed by atoms with Crippen molar-refractivity contribution in [2.45, 2.75) is 25.1 Å². The number of hydrogen-bond donors (Lipinski definition) is 2. The van der Waals surface area contributed by atoms with E-state index in [4.69, 9.17) is 0 Å². The number of amides is 1. The van der Waals surface area contributed by atoms with Gasteiger partial charge in [-0.3, -0.25) is 14.4 Å². The fourth-order valence-electron chi connectivity index (χ4n) is 3.70. The van der Waals surface area contributed by atoms with Gasteiger partial charge in [-0.1, -0.05) is 30.3 Å². The van der Waals surface area contributed by atoms with Gasteiger partial charge >= 0.3 is 6.36 Å². The third-order valence-electron chi connectivity index (χ3n) is 5.17. The second kappa shape index (κ2) is 8.33. The second-order valence-corrected chi connectivity index (χ2v) is 7.37. The third-order valence-corrected chi connectivity index (χ3v) is 5.17. The van der Waals surface area contributed by atoms with Gasteiger partial charge in [0.1, 0.15) is 11.3 Å². The standard InChI is InChI=1S/C23H17F3N2O4/c24-23(25,26)32-16-8-6-15(7-9-16)27-21(30)18-12-17-19(28-22(18)31)10-14(11-20(17)29)13-4-2-1-3-5-13/h1-9,12,14H,10-11H2,(H,27,30)(H,28,31)/t14-/m1/s1. The van der Waals surface area contributed by atoms with Crippen LogP contribution in [0.3, 0.4) is 0 Å². The van der Waals surface area contributed by atoms with E-state index in [2.05, 4.69) is 15.0 Å². The topological polar surface area (TPSA) is 88.3 Å². The molecule has 0 fully saturated rings. The highest BCUT2D eigenvalue weighted by atomic mass is 19.4. The maximum absolute atomic E-state index is 12.7.